The number of anilines is 1. The fourth-order valence-electron chi connectivity index (χ4n) is 1.76. The number of phenols is 1. The normalized spacial score (nSPS) is 9.57. The minimum Gasteiger partial charge on any atom is -0.507 e. The van der Waals surface area contributed by atoms with Crippen LogP contribution in [0.1, 0.15) is 10.4 Å². The number of carboxylic acid groups (broad SMARTS) is 1. The van der Waals surface area contributed by atoms with Gasteiger partial charge in [0.25, 0.3) is 0 Å². The van der Waals surface area contributed by atoms with E-state index >= 15 is 0 Å². The molecule has 0 unspecified atom stereocenters. The second kappa shape index (κ2) is 7.56. The molecule has 0 saturated heterocycles. The van der Waals surface area contributed by atoms with Crippen LogP contribution in [0.4, 0.5) is 5.69 Å². The maximum atomic E-state index is 10.3. The summed E-state index contributed by atoms with van der Waals surface area (Å²) in [6, 6.07) is 15.5. The lowest BCUT2D eigenvalue weighted by atomic mass is 10.2. The Bertz CT molecular complexity index is 740. The van der Waals surface area contributed by atoms with Gasteiger partial charge in [-0.3, -0.25) is 9.97 Å². The third-order valence-electron chi connectivity index (χ3n) is 2.84. The molecule has 116 valence electrons. The first-order valence-electron chi connectivity index (χ1n) is 6.72. The van der Waals surface area contributed by atoms with Crippen molar-refractivity contribution in [3.05, 3.63) is 72.6 Å². The molecule has 0 atom stereocenters. The molecule has 0 spiro atoms. The molecule has 6 heteroatoms. The highest BCUT2D eigenvalue weighted by atomic mass is 16.4. The first kappa shape index (κ1) is 16.0. The second-order valence-electron chi connectivity index (χ2n) is 4.51. The SMILES string of the molecule is Nc1ccc(C(=O)O)c(O)c1.c1ccc(-c2ccccn2)nc1. The molecule has 6 nitrogen and oxygen atoms in total. The van der Waals surface area contributed by atoms with Crippen LogP contribution in [0, 0.1) is 0 Å². The van der Waals surface area contributed by atoms with E-state index in [1.54, 1.807) is 12.4 Å². The summed E-state index contributed by atoms with van der Waals surface area (Å²) in [5, 5.41) is 17.5. The zero-order valence-electron chi connectivity index (χ0n) is 12.1. The van der Waals surface area contributed by atoms with Gasteiger partial charge in [0, 0.05) is 24.1 Å². The number of aromatic hydroxyl groups is 1. The van der Waals surface area contributed by atoms with Gasteiger partial charge in [-0.1, -0.05) is 12.1 Å². The van der Waals surface area contributed by atoms with Gasteiger partial charge in [-0.05, 0) is 36.4 Å². The molecule has 23 heavy (non-hydrogen) atoms. The van der Waals surface area contributed by atoms with Crippen molar-refractivity contribution in [2.24, 2.45) is 0 Å². The van der Waals surface area contributed by atoms with Crippen LogP contribution in [-0.2, 0) is 0 Å². The predicted octanol–water partition coefficient (Wildman–Crippen LogP) is 2.82. The zero-order valence-corrected chi connectivity index (χ0v) is 12.1. The number of carbonyl (C=O) groups is 1. The van der Waals surface area contributed by atoms with Crippen molar-refractivity contribution in [2.45, 2.75) is 0 Å². The van der Waals surface area contributed by atoms with Crippen molar-refractivity contribution in [2.75, 3.05) is 5.73 Å². The van der Waals surface area contributed by atoms with E-state index in [0.717, 1.165) is 11.4 Å². The molecule has 3 aromatic rings. The Morgan fingerprint density at radius 1 is 0.913 bits per heavy atom. The number of rotatable bonds is 2. The lowest BCUT2D eigenvalue weighted by Gasteiger charge is -1.98. The Labute approximate surface area is 132 Å². The molecule has 2 aromatic heterocycles. The summed E-state index contributed by atoms with van der Waals surface area (Å²) < 4.78 is 0. The topological polar surface area (TPSA) is 109 Å². The Balaban J connectivity index is 0.000000168. The first-order valence-corrected chi connectivity index (χ1v) is 6.72. The van der Waals surface area contributed by atoms with Crippen molar-refractivity contribution in [1.29, 1.82) is 0 Å². The van der Waals surface area contributed by atoms with Gasteiger partial charge in [0.2, 0.25) is 0 Å². The molecule has 0 fully saturated rings. The third kappa shape index (κ3) is 4.53. The van der Waals surface area contributed by atoms with Gasteiger partial charge in [-0.15, -0.1) is 0 Å². The van der Waals surface area contributed by atoms with Gasteiger partial charge in [0.05, 0.1) is 11.4 Å². The number of hydrogen-bond donors (Lipinski definition) is 3. The molecule has 1 aromatic carbocycles. The van der Waals surface area contributed by atoms with Crippen LogP contribution in [0.15, 0.2) is 67.0 Å². The number of carboxylic acids is 1. The summed E-state index contributed by atoms with van der Waals surface area (Å²) in [7, 11) is 0. The maximum Gasteiger partial charge on any atom is 0.339 e. The van der Waals surface area contributed by atoms with Crippen LogP contribution in [0.2, 0.25) is 0 Å². The monoisotopic (exact) mass is 309 g/mol. The summed E-state index contributed by atoms with van der Waals surface area (Å²) in [4.78, 5) is 18.7. The Hall–Kier alpha value is -3.41. The largest absolute Gasteiger partial charge is 0.507 e. The summed E-state index contributed by atoms with van der Waals surface area (Å²) in [5.41, 5.74) is 7.31. The molecule has 0 aliphatic heterocycles. The summed E-state index contributed by atoms with van der Waals surface area (Å²) >= 11 is 0. The molecule has 2 heterocycles. The molecule has 0 aliphatic carbocycles. The number of hydrogen-bond acceptors (Lipinski definition) is 5. The molecule has 0 saturated carbocycles. The van der Waals surface area contributed by atoms with E-state index < -0.39 is 5.97 Å². The lowest BCUT2D eigenvalue weighted by Crippen LogP contribution is -1.97. The average molecular weight is 309 g/mol. The highest BCUT2D eigenvalue weighted by molar-refractivity contribution is 5.91. The summed E-state index contributed by atoms with van der Waals surface area (Å²) in [6.45, 7) is 0. The van der Waals surface area contributed by atoms with Crippen molar-refractivity contribution in [1.82, 2.24) is 9.97 Å². The van der Waals surface area contributed by atoms with Gasteiger partial charge in [-0.2, -0.15) is 0 Å². The van der Waals surface area contributed by atoms with Gasteiger partial charge >= 0.3 is 5.97 Å². The van der Waals surface area contributed by atoms with Crippen LogP contribution in [0.25, 0.3) is 11.4 Å². The van der Waals surface area contributed by atoms with Gasteiger partial charge < -0.3 is 15.9 Å². The van der Waals surface area contributed by atoms with Crippen molar-refractivity contribution in [3.8, 4) is 17.1 Å². The van der Waals surface area contributed by atoms with Gasteiger partial charge in [-0.25, -0.2) is 4.79 Å². The number of aromatic nitrogens is 2. The number of nitrogen functional groups attached to an aromatic ring is 1. The summed E-state index contributed by atoms with van der Waals surface area (Å²) in [6.07, 6.45) is 3.54. The van der Waals surface area contributed by atoms with E-state index in [-0.39, 0.29) is 11.3 Å². The zero-order chi connectivity index (χ0) is 16.7. The number of nitrogens with zero attached hydrogens (tertiary/aromatic N) is 2. The van der Waals surface area contributed by atoms with Gasteiger partial charge in [0.1, 0.15) is 11.3 Å². The molecule has 0 radical (unpaired) electrons. The van der Waals surface area contributed by atoms with E-state index in [2.05, 4.69) is 9.97 Å². The smallest absolute Gasteiger partial charge is 0.339 e. The second-order valence-corrected chi connectivity index (χ2v) is 4.51. The van der Waals surface area contributed by atoms with Crippen molar-refractivity contribution in [3.63, 3.8) is 0 Å². The Morgan fingerprint density at radius 3 is 1.87 bits per heavy atom. The van der Waals surface area contributed by atoms with E-state index in [1.165, 1.54) is 18.2 Å². The molecule has 3 rings (SSSR count). The van der Waals surface area contributed by atoms with Crippen molar-refractivity contribution >= 4 is 11.7 Å². The molecule has 0 amide bonds. The number of nitrogens with two attached hydrogens (primary N) is 1. The Kier molecular flexibility index (Phi) is 5.25. The third-order valence-corrected chi connectivity index (χ3v) is 2.84. The van der Waals surface area contributed by atoms with Gasteiger partial charge in [0.15, 0.2) is 0 Å². The number of benzene rings is 1. The maximum absolute atomic E-state index is 10.3. The van der Waals surface area contributed by atoms with Crippen LogP contribution < -0.4 is 5.73 Å². The highest BCUT2D eigenvalue weighted by Crippen LogP contribution is 2.19. The quantitative estimate of drug-likeness (QED) is 0.628. The van der Waals surface area contributed by atoms with E-state index in [0.29, 0.717) is 5.69 Å². The first-order chi connectivity index (χ1) is 11.1. The minimum absolute atomic E-state index is 0.140. The van der Waals surface area contributed by atoms with Crippen LogP contribution in [0.5, 0.6) is 5.75 Å². The van der Waals surface area contributed by atoms with Crippen LogP contribution >= 0.6 is 0 Å². The fraction of sp³-hybridized carbons (Fsp3) is 0. The van der Waals surface area contributed by atoms with Crippen LogP contribution in [-0.4, -0.2) is 26.2 Å². The summed E-state index contributed by atoms with van der Waals surface area (Å²) in [5.74, 6) is -1.47. The van der Waals surface area contributed by atoms with Crippen LogP contribution in [0.3, 0.4) is 0 Å². The number of aromatic carboxylic acids is 1. The van der Waals surface area contributed by atoms with E-state index in [9.17, 15) is 4.79 Å². The molecule has 0 bridgehead atoms. The predicted molar refractivity (Wildman–Crippen MR) is 86.9 cm³/mol. The molecule has 0 aliphatic rings. The van der Waals surface area contributed by atoms with Crippen molar-refractivity contribution < 1.29 is 15.0 Å². The molecular weight excluding hydrogens is 294 g/mol. The lowest BCUT2D eigenvalue weighted by molar-refractivity contribution is 0.0694. The number of pyridine rings is 2. The fourth-order valence-corrected chi connectivity index (χ4v) is 1.76. The molecule has 4 N–H and O–H groups in total. The van der Waals surface area contributed by atoms with E-state index in [1.807, 2.05) is 36.4 Å². The standard InChI is InChI=1S/C10H8N2.C7H7NO3/c1-3-7-11-9(5-1)10-6-2-4-8-12-10;8-4-1-2-5(7(10)11)6(9)3-4/h1-8H;1-3,9H,8H2,(H,10,11). The van der Waals surface area contributed by atoms with E-state index in [4.69, 9.17) is 15.9 Å². The molecular formula is C17H15N3O3. The average Bonchev–Trinajstić information content (AvgIpc) is 2.57. The minimum atomic E-state index is -1.16. The highest BCUT2D eigenvalue weighted by Gasteiger charge is 2.07. The Morgan fingerprint density at radius 2 is 1.48 bits per heavy atom.